The van der Waals surface area contributed by atoms with Gasteiger partial charge in [0.1, 0.15) is 0 Å². The number of nitrogens with two attached hydrogens (primary N) is 1. The maximum Gasteiger partial charge on any atom is 0.0683 e. The first-order valence-corrected chi connectivity index (χ1v) is 6.38. The second-order valence-corrected chi connectivity index (χ2v) is 6.01. The van der Waals surface area contributed by atoms with Crippen LogP contribution in [0.4, 0.5) is 0 Å². The van der Waals surface area contributed by atoms with Crippen LogP contribution >= 0.6 is 0 Å². The van der Waals surface area contributed by atoms with Crippen molar-refractivity contribution in [3.63, 3.8) is 0 Å². The first-order chi connectivity index (χ1) is 6.37. The number of rotatable bonds is 6. The molecule has 0 aliphatic heterocycles. The predicted octanol–water partition coefficient (Wildman–Crippen LogP) is 1.41. The summed E-state index contributed by atoms with van der Waals surface area (Å²) in [6.45, 7) is 5.67. The topological polar surface area (TPSA) is 66.9 Å². The molecule has 0 saturated heterocycles. The fraction of sp³-hybridized carbons (Fsp3) is 0.900. The summed E-state index contributed by atoms with van der Waals surface area (Å²) in [6.07, 6.45) is 1.63. The van der Waals surface area contributed by atoms with E-state index in [2.05, 4.69) is 6.07 Å². The van der Waals surface area contributed by atoms with Crippen molar-refractivity contribution in [3.05, 3.63) is 0 Å². The molecule has 0 radical (unpaired) electrons. The third-order valence-corrected chi connectivity index (χ3v) is 3.57. The van der Waals surface area contributed by atoms with Crippen LogP contribution in [0.1, 0.15) is 33.6 Å². The summed E-state index contributed by atoms with van der Waals surface area (Å²) in [6, 6.07) is 2.23. The van der Waals surface area contributed by atoms with Gasteiger partial charge in [-0.05, 0) is 33.6 Å². The molecule has 4 heteroatoms. The first kappa shape index (κ1) is 13.6. The van der Waals surface area contributed by atoms with Crippen LogP contribution in [0.5, 0.6) is 0 Å². The molecule has 0 aliphatic rings. The second kappa shape index (κ2) is 6.15. The van der Waals surface area contributed by atoms with Crippen LogP contribution in [0.15, 0.2) is 0 Å². The highest BCUT2D eigenvalue weighted by atomic mass is 32.2. The van der Waals surface area contributed by atoms with E-state index in [1.807, 2.05) is 20.8 Å². The number of hydrogen-bond donors (Lipinski definition) is 1. The van der Waals surface area contributed by atoms with Crippen molar-refractivity contribution in [1.82, 2.24) is 0 Å². The Bertz CT molecular complexity index is 231. The zero-order valence-corrected chi connectivity index (χ0v) is 10.1. The molecule has 0 aromatic carbocycles. The molecule has 14 heavy (non-hydrogen) atoms. The Kier molecular flexibility index (Phi) is 5.98. The highest BCUT2D eigenvalue weighted by molar-refractivity contribution is 7.85. The summed E-state index contributed by atoms with van der Waals surface area (Å²) in [5.41, 5.74) is 5.24. The Morgan fingerprint density at radius 1 is 1.57 bits per heavy atom. The van der Waals surface area contributed by atoms with E-state index >= 15 is 0 Å². The largest absolute Gasteiger partial charge is 0.327 e. The lowest BCUT2D eigenvalue weighted by Gasteiger charge is -2.14. The van der Waals surface area contributed by atoms with Crippen molar-refractivity contribution >= 4 is 10.8 Å². The Morgan fingerprint density at radius 2 is 2.14 bits per heavy atom. The van der Waals surface area contributed by atoms with Gasteiger partial charge in [-0.2, -0.15) is 5.26 Å². The van der Waals surface area contributed by atoms with Gasteiger partial charge in [0.05, 0.1) is 11.5 Å². The van der Waals surface area contributed by atoms with E-state index in [1.54, 1.807) is 0 Å². The molecule has 3 nitrogen and oxygen atoms in total. The minimum atomic E-state index is -0.821. The maximum absolute atomic E-state index is 11.4. The van der Waals surface area contributed by atoms with Crippen LogP contribution in [0, 0.1) is 16.7 Å². The molecule has 82 valence electrons. The minimum absolute atomic E-state index is 0.000176. The summed E-state index contributed by atoms with van der Waals surface area (Å²) in [7, 11) is -0.821. The standard InChI is InChI=1S/C10H20N2OS/c1-9(12)7-14(13)6-4-5-10(2,3)8-11/h9H,4-7,12H2,1-3H3. The summed E-state index contributed by atoms with van der Waals surface area (Å²) in [4.78, 5) is 0. The summed E-state index contributed by atoms with van der Waals surface area (Å²) >= 11 is 0. The number of nitriles is 1. The van der Waals surface area contributed by atoms with E-state index in [-0.39, 0.29) is 11.5 Å². The quantitative estimate of drug-likeness (QED) is 0.730. The van der Waals surface area contributed by atoms with E-state index in [1.165, 1.54) is 0 Å². The van der Waals surface area contributed by atoms with Crippen LogP contribution in [-0.2, 0) is 10.8 Å². The van der Waals surface area contributed by atoms with Gasteiger partial charge in [0, 0.05) is 28.3 Å². The number of hydrogen-bond acceptors (Lipinski definition) is 3. The van der Waals surface area contributed by atoms with Crippen molar-refractivity contribution < 1.29 is 4.21 Å². The molecule has 0 fully saturated rings. The average molecular weight is 216 g/mol. The third-order valence-electron chi connectivity index (χ3n) is 1.93. The second-order valence-electron chi connectivity index (χ2n) is 4.39. The average Bonchev–Trinajstić information content (AvgIpc) is 2.02. The molecule has 2 atom stereocenters. The molecule has 0 rings (SSSR count). The molecule has 2 unspecified atom stereocenters. The summed E-state index contributed by atoms with van der Waals surface area (Å²) in [5.74, 6) is 1.22. The lowest BCUT2D eigenvalue weighted by atomic mass is 9.90. The lowest BCUT2D eigenvalue weighted by Crippen LogP contribution is -2.24. The highest BCUT2D eigenvalue weighted by Gasteiger charge is 2.16. The normalized spacial score (nSPS) is 15.9. The molecule has 0 bridgehead atoms. The molecule has 0 aliphatic carbocycles. The Hall–Kier alpha value is -0.400. The van der Waals surface area contributed by atoms with Gasteiger partial charge in [-0.1, -0.05) is 0 Å². The predicted molar refractivity (Wildman–Crippen MR) is 60.2 cm³/mol. The molecule has 0 aromatic rings. The molecule has 2 N–H and O–H groups in total. The molecule has 0 saturated carbocycles. The molecule has 0 aromatic heterocycles. The molecule has 0 heterocycles. The maximum atomic E-state index is 11.4. The van der Waals surface area contributed by atoms with E-state index < -0.39 is 10.8 Å². The highest BCUT2D eigenvalue weighted by Crippen LogP contribution is 2.20. The van der Waals surface area contributed by atoms with Crippen molar-refractivity contribution in [1.29, 1.82) is 5.26 Å². The van der Waals surface area contributed by atoms with E-state index in [9.17, 15) is 4.21 Å². The SMILES string of the molecule is CC(N)CS(=O)CCCC(C)(C)C#N. The fourth-order valence-corrected chi connectivity index (χ4v) is 2.33. The Balaban J connectivity index is 3.66. The van der Waals surface area contributed by atoms with Crippen LogP contribution < -0.4 is 5.73 Å². The Labute approximate surface area is 89.1 Å². The number of nitrogens with zero attached hydrogens (tertiary/aromatic N) is 1. The van der Waals surface area contributed by atoms with Gasteiger partial charge >= 0.3 is 0 Å². The van der Waals surface area contributed by atoms with Gasteiger partial charge in [0.15, 0.2) is 0 Å². The minimum Gasteiger partial charge on any atom is -0.327 e. The molecular weight excluding hydrogens is 196 g/mol. The first-order valence-electron chi connectivity index (χ1n) is 4.89. The van der Waals surface area contributed by atoms with Crippen LogP contribution in [-0.4, -0.2) is 21.8 Å². The van der Waals surface area contributed by atoms with Crippen molar-refractivity contribution in [3.8, 4) is 6.07 Å². The zero-order valence-electron chi connectivity index (χ0n) is 9.25. The molecule has 0 amide bonds. The fourth-order valence-electron chi connectivity index (χ4n) is 1.11. The molecule has 0 spiro atoms. The Morgan fingerprint density at radius 3 is 2.57 bits per heavy atom. The zero-order chi connectivity index (χ0) is 11.2. The van der Waals surface area contributed by atoms with Gasteiger partial charge in [-0.25, -0.2) is 0 Å². The smallest absolute Gasteiger partial charge is 0.0683 e. The van der Waals surface area contributed by atoms with Gasteiger partial charge in [0.25, 0.3) is 0 Å². The van der Waals surface area contributed by atoms with Gasteiger partial charge < -0.3 is 5.73 Å². The lowest BCUT2D eigenvalue weighted by molar-refractivity contribution is 0.447. The monoisotopic (exact) mass is 216 g/mol. The summed E-state index contributed by atoms with van der Waals surface area (Å²) in [5, 5.41) is 8.76. The van der Waals surface area contributed by atoms with Gasteiger partial charge in [-0.3, -0.25) is 4.21 Å². The van der Waals surface area contributed by atoms with Crippen LogP contribution in [0.3, 0.4) is 0 Å². The van der Waals surface area contributed by atoms with Crippen molar-refractivity contribution in [2.75, 3.05) is 11.5 Å². The van der Waals surface area contributed by atoms with Gasteiger partial charge in [-0.15, -0.1) is 0 Å². The van der Waals surface area contributed by atoms with Crippen LogP contribution in [0.2, 0.25) is 0 Å². The van der Waals surface area contributed by atoms with E-state index in [4.69, 9.17) is 11.0 Å². The molecular formula is C10H20N2OS. The van der Waals surface area contributed by atoms with E-state index in [0.29, 0.717) is 11.5 Å². The van der Waals surface area contributed by atoms with Crippen molar-refractivity contribution in [2.24, 2.45) is 11.1 Å². The van der Waals surface area contributed by atoms with Gasteiger partial charge in [0.2, 0.25) is 0 Å². The summed E-state index contributed by atoms with van der Waals surface area (Å²) < 4.78 is 11.4. The van der Waals surface area contributed by atoms with E-state index in [0.717, 1.165) is 12.8 Å². The third kappa shape index (κ3) is 7.05. The van der Waals surface area contributed by atoms with Crippen LogP contribution in [0.25, 0.3) is 0 Å². The van der Waals surface area contributed by atoms with Crippen molar-refractivity contribution in [2.45, 2.75) is 39.7 Å².